The maximum absolute atomic E-state index is 5.98. The lowest BCUT2D eigenvalue weighted by molar-refractivity contribution is 0.481. The van der Waals surface area contributed by atoms with Crippen LogP contribution in [0.4, 0.5) is 0 Å². The number of rotatable bonds is 3. The van der Waals surface area contributed by atoms with E-state index in [4.69, 9.17) is 22.1 Å². The summed E-state index contributed by atoms with van der Waals surface area (Å²) in [6, 6.07) is 10.9. The van der Waals surface area contributed by atoms with Crippen LogP contribution in [-0.2, 0) is 6.54 Å². The van der Waals surface area contributed by atoms with Crippen molar-refractivity contribution in [3.63, 3.8) is 0 Å². The van der Waals surface area contributed by atoms with Crippen molar-refractivity contribution in [3.8, 4) is 11.5 Å². The predicted octanol–water partition coefficient (Wildman–Crippen LogP) is 2.99. The van der Waals surface area contributed by atoms with Crippen LogP contribution in [0.15, 0.2) is 42.6 Å². The summed E-state index contributed by atoms with van der Waals surface area (Å²) in [5, 5.41) is 0.577. The molecule has 0 aliphatic carbocycles. The van der Waals surface area contributed by atoms with Crippen LogP contribution in [-0.4, -0.2) is 4.98 Å². The Bertz CT molecular complexity index is 488. The molecule has 1 aromatic heterocycles. The van der Waals surface area contributed by atoms with E-state index in [1.807, 2.05) is 18.2 Å². The van der Waals surface area contributed by atoms with E-state index in [9.17, 15) is 0 Å². The number of nitrogens with zero attached hydrogens (tertiary/aromatic N) is 1. The number of para-hydroxylation sites is 1. The third kappa shape index (κ3) is 2.51. The highest BCUT2D eigenvalue weighted by Gasteiger charge is 2.02. The van der Waals surface area contributed by atoms with Crippen molar-refractivity contribution < 1.29 is 4.74 Å². The Morgan fingerprint density at radius 3 is 2.81 bits per heavy atom. The Balaban J connectivity index is 2.24. The van der Waals surface area contributed by atoms with Gasteiger partial charge >= 0.3 is 0 Å². The number of aromatic nitrogens is 1. The van der Waals surface area contributed by atoms with E-state index in [2.05, 4.69) is 4.98 Å². The Morgan fingerprint density at radius 1 is 1.25 bits per heavy atom. The molecule has 0 radical (unpaired) electrons. The van der Waals surface area contributed by atoms with Gasteiger partial charge in [0, 0.05) is 18.8 Å². The Labute approximate surface area is 98.8 Å². The molecule has 0 saturated heterocycles. The summed E-state index contributed by atoms with van der Waals surface area (Å²) >= 11 is 5.98. The number of ether oxygens (including phenoxy) is 1. The van der Waals surface area contributed by atoms with Crippen molar-refractivity contribution in [1.29, 1.82) is 0 Å². The molecule has 2 aromatic rings. The van der Waals surface area contributed by atoms with Gasteiger partial charge in [0.25, 0.3) is 0 Å². The van der Waals surface area contributed by atoms with Gasteiger partial charge in [0.2, 0.25) is 0 Å². The van der Waals surface area contributed by atoms with Crippen molar-refractivity contribution in [2.45, 2.75) is 6.54 Å². The summed E-state index contributed by atoms with van der Waals surface area (Å²) in [5.74, 6) is 1.31. The molecule has 0 atom stereocenters. The summed E-state index contributed by atoms with van der Waals surface area (Å²) in [5.41, 5.74) is 6.28. The highest BCUT2D eigenvalue weighted by Crippen LogP contribution is 2.28. The van der Waals surface area contributed by atoms with Gasteiger partial charge in [-0.1, -0.05) is 23.7 Å². The summed E-state index contributed by atoms with van der Waals surface area (Å²) in [7, 11) is 0. The zero-order valence-electron chi connectivity index (χ0n) is 8.56. The van der Waals surface area contributed by atoms with Crippen LogP contribution < -0.4 is 10.5 Å². The molecule has 0 fully saturated rings. The molecule has 4 heteroatoms. The first-order chi connectivity index (χ1) is 7.79. The van der Waals surface area contributed by atoms with E-state index in [-0.39, 0.29) is 0 Å². The molecule has 0 aliphatic heterocycles. The van der Waals surface area contributed by atoms with Crippen LogP contribution in [0.5, 0.6) is 11.5 Å². The standard InChI is InChI=1S/C12H11ClN2O/c13-11-3-1-2-4-12(11)16-10-5-6-15-9(7-10)8-14/h1-7H,8,14H2. The molecule has 82 valence electrons. The minimum atomic E-state index is 0.389. The van der Waals surface area contributed by atoms with Crippen LogP contribution >= 0.6 is 11.6 Å². The van der Waals surface area contributed by atoms with Crippen molar-refractivity contribution >= 4 is 11.6 Å². The highest BCUT2D eigenvalue weighted by atomic mass is 35.5. The first-order valence-corrected chi connectivity index (χ1v) is 5.25. The first-order valence-electron chi connectivity index (χ1n) is 4.87. The van der Waals surface area contributed by atoms with Gasteiger partial charge in [-0.2, -0.15) is 0 Å². The molecule has 0 amide bonds. The van der Waals surface area contributed by atoms with Crippen molar-refractivity contribution in [2.24, 2.45) is 5.73 Å². The van der Waals surface area contributed by atoms with E-state index in [1.165, 1.54) is 0 Å². The van der Waals surface area contributed by atoms with Gasteiger partial charge in [0.15, 0.2) is 0 Å². The van der Waals surface area contributed by atoms with Crippen molar-refractivity contribution in [1.82, 2.24) is 4.98 Å². The fourth-order valence-corrected chi connectivity index (χ4v) is 1.46. The van der Waals surface area contributed by atoms with Gasteiger partial charge in [-0.3, -0.25) is 4.98 Å². The maximum atomic E-state index is 5.98. The molecule has 0 aliphatic rings. The van der Waals surface area contributed by atoms with Crippen LogP contribution in [0.1, 0.15) is 5.69 Å². The minimum absolute atomic E-state index is 0.389. The minimum Gasteiger partial charge on any atom is -0.456 e. The SMILES string of the molecule is NCc1cc(Oc2ccccc2Cl)ccn1. The molecular weight excluding hydrogens is 224 g/mol. The third-order valence-electron chi connectivity index (χ3n) is 2.06. The van der Waals surface area contributed by atoms with Gasteiger partial charge in [-0.25, -0.2) is 0 Å². The number of pyridine rings is 1. The summed E-state index contributed by atoms with van der Waals surface area (Å²) in [4.78, 5) is 4.08. The second-order valence-corrected chi connectivity index (χ2v) is 3.63. The fourth-order valence-electron chi connectivity index (χ4n) is 1.29. The molecule has 0 unspecified atom stereocenters. The molecular formula is C12H11ClN2O. The monoisotopic (exact) mass is 234 g/mol. The molecule has 0 spiro atoms. The number of nitrogens with two attached hydrogens (primary N) is 1. The molecule has 16 heavy (non-hydrogen) atoms. The summed E-state index contributed by atoms with van der Waals surface area (Å²) < 4.78 is 5.62. The predicted molar refractivity (Wildman–Crippen MR) is 63.7 cm³/mol. The summed E-state index contributed by atoms with van der Waals surface area (Å²) in [6.07, 6.45) is 1.66. The van der Waals surface area contributed by atoms with Crippen LogP contribution in [0.3, 0.4) is 0 Å². The maximum Gasteiger partial charge on any atom is 0.146 e. The van der Waals surface area contributed by atoms with Crippen molar-refractivity contribution in [3.05, 3.63) is 53.3 Å². The van der Waals surface area contributed by atoms with Gasteiger partial charge in [-0.15, -0.1) is 0 Å². The number of halogens is 1. The normalized spacial score (nSPS) is 10.1. The fraction of sp³-hybridized carbons (Fsp3) is 0.0833. The Kier molecular flexibility index (Phi) is 3.39. The number of benzene rings is 1. The van der Waals surface area contributed by atoms with Gasteiger partial charge in [0.05, 0.1) is 10.7 Å². The van der Waals surface area contributed by atoms with Crippen molar-refractivity contribution in [2.75, 3.05) is 0 Å². The van der Waals surface area contributed by atoms with Gasteiger partial charge < -0.3 is 10.5 Å². The molecule has 2 N–H and O–H groups in total. The molecule has 2 rings (SSSR count). The topological polar surface area (TPSA) is 48.1 Å². The number of hydrogen-bond donors (Lipinski definition) is 1. The van der Waals surface area contributed by atoms with Crippen LogP contribution in [0, 0.1) is 0 Å². The Morgan fingerprint density at radius 2 is 2.06 bits per heavy atom. The summed E-state index contributed by atoms with van der Waals surface area (Å²) in [6.45, 7) is 0.389. The van der Waals surface area contributed by atoms with E-state index in [1.54, 1.807) is 24.4 Å². The van der Waals surface area contributed by atoms with E-state index in [0.29, 0.717) is 23.1 Å². The van der Waals surface area contributed by atoms with E-state index in [0.717, 1.165) is 5.69 Å². The average Bonchev–Trinajstić information content (AvgIpc) is 2.32. The molecule has 3 nitrogen and oxygen atoms in total. The lowest BCUT2D eigenvalue weighted by Gasteiger charge is -2.07. The largest absolute Gasteiger partial charge is 0.456 e. The zero-order chi connectivity index (χ0) is 11.4. The lowest BCUT2D eigenvalue weighted by Crippen LogP contribution is -1.99. The lowest BCUT2D eigenvalue weighted by atomic mass is 10.3. The first kappa shape index (κ1) is 10.9. The van der Waals surface area contributed by atoms with E-state index >= 15 is 0 Å². The average molecular weight is 235 g/mol. The highest BCUT2D eigenvalue weighted by molar-refractivity contribution is 6.32. The number of hydrogen-bond acceptors (Lipinski definition) is 3. The second-order valence-electron chi connectivity index (χ2n) is 3.22. The quantitative estimate of drug-likeness (QED) is 0.888. The molecule has 1 heterocycles. The van der Waals surface area contributed by atoms with E-state index < -0.39 is 0 Å². The smallest absolute Gasteiger partial charge is 0.146 e. The zero-order valence-corrected chi connectivity index (χ0v) is 9.32. The van der Waals surface area contributed by atoms with Crippen LogP contribution in [0.25, 0.3) is 0 Å². The molecule has 1 aromatic carbocycles. The van der Waals surface area contributed by atoms with Gasteiger partial charge in [0.1, 0.15) is 11.5 Å². The van der Waals surface area contributed by atoms with Gasteiger partial charge in [-0.05, 0) is 18.2 Å². The third-order valence-corrected chi connectivity index (χ3v) is 2.37. The Hall–Kier alpha value is -1.58. The molecule has 0 bridgehead atoms. The molecule has 0 saturated carbocycles. The second kappa shape index (κ2) is 4.96. The van der Waals surface area contributed by atoms with Crippen LogP contribution in [0.2, 0.25) is 5.02 Å².